The maximum atomic E-state index is 4.44. The molecule has 1 aromatic carbocycles. The van der Waals surface area contributed by atoms with Crippen LogP contribution in [0.2, 0.25) is 0 Å². The van der Waals surface area contributed by atoms with Crippen LogP contribution in [0.5, 0.6) is 0 Å². The predicted octanol–water partition coefficient (Wildman–Crippen LogP) is 3.29. The first-order valence-electron chi connectivity index (χ1n) is 5.44. The van der Waals surface area contributed by atoms with Crippen molar-refractivity contribution in [3.8, 4) is 0 Å². The van der Waals surface area contributed by atoms with Crippen molar-refractivity contribution >= 4 is 11.8 Å². The molecule has 1 aromatic heterocycles. The first-order chi connectivity index (χ1) is 7.75. The van der Waals surface area contributed by atoms with E-state index in [0.717, 1.165) is 18.0 Å². The Balaban J connectivity index is 1.87. The zero-order valence-electron chi connectivity index (χ0n) is 9.68. The number of nitrogens with zero attached hydrogens (tertiary/aromatic N) is 2. The third-order valence-electron chi connectivity index (χ3n) is 2.42. The molecule has 0 atom stereocenters. The van der Waals surface area contributed by atoms with Crippen molar-refractivity contribution in [2.24, 2.45) is 0 Å². The molecular weight excluding hydrogens is 216 g/mol. The van der Waals surface area contributed by atoms with Crippen LogP contribution < -0.4 is 0 Å². The minimum Gasteiger partial charge on any atom is -0.269 e. The molecule has 0 spiro atoms. The molecule has 0 radical (unpaired) electrons. The molecular formula is C13H16N2S. The Labute approximate surface area is 101 Å². The van der Waals surface area contributed by atoms with Crippen LogP contribution in [0.1, 0.15) is 11.4 Å². The van der Waals surface area contributed by atoms with Crippen molar-refractivity contribution in [2.75, 3.05) is 5.75 Å². The zero-order valence-corrected chi connectivity index (χ0v) is 10.5. The molecule has 0 unspecified atom stereocenters. The van der Waals surface area contributed by atoms with Gasteiger partial charge < -0.3 is 0 Å². The SMILES string of the molecule is Cc1cc(C)n(CCSc2ccccc2)n1. The van der Waals surface area contributed by atoms with Gasteiger partial charge in [-0.25, -0.2) is 0 Å². The van der Waals surface area contributed by atoms with Crippen LogP contribution in [-0.4, -0.2) is 15.5 Å². The number of aromatic nitrogens is 2. The lowest BCUT2D eigenvalue weighted by atomic mass is 10.4. The quantitative estimate of drug-likeness (QED) is 0.753. The van der Waals surface area contributed by atoms with Gasteiger partial charge in [-0.15, -0.1) is 11.8 Å². The summed E-state index contributed by atoms with van der Waals surface area (Å²) >= 11 is 1.87. The summed E-state index contributed by atoms with van der Waals surface area (Å²) < 4.78 is 2.07. The number of benzene rings is 1. The third kappa shape index (κ3) is 2.89. The van der Waals surface area contributed by atoms with E-state index in [0.29, 0.717) is 0 Å². The van der Waals surface area contributed by atoms with E-state index in [4.69, 9.17) is 0 Å². The van der Waals surface area contributed by atoms with Gasteiger partial charge in [0.15, 0.2) is 0 Å². The largest absolute Gasteiger partial charge is 0.269 e. The molecule has 0 saturated heterocycles. The van der Waals surface area contributed by atoms with E-state index in [1.54, 1.807) is 0 Å². The molecule has 84 valence electrons. The van der Waals surface area contributed by atoms with Crippen LogP contribution in [0.3, 0.4) is 0 Å². The van der Waals surface area contributed by atoms with Gasteiger partial charge in [0.05, 0.1) is 12.2 Å². The molecule has 0 bridgehead atoms. The zero-order chi connectivity index (χ0) is 11.4. The van der Waals surface area contributed by atoms with Crippen LogP contribution >= 0.6 is 11.8 Å². The Morgan fingerprint density at radius 2 is 1.94 bits per heavy atom. The normalized spacial score (nSPS) is 10.6. The van der Waals surface area contributed by atoms with Gasteiger partial charge in [0.2, 0.25) is 0 Å². The van der Waals surface area contributed by atoms with Gasteiger partial charge in [-0.2, -0.15) is 5.10 Å². The molecule has 0 amide bonds. The summed E-state index contributed by atoms with van der Waals surface area (Å²) in [7, 11) is 0. The molecule has 0 aliphatic carbocycles. The molecule has 0 aliphatic heterocycles. The second-order valence-electron chi connectivity index (χ2n) is 3.81. The molecule has 2 nitrogen and oxygen atoms in total. The van der Waals surface area contributed by atoms with Crippen molar-refractivity contribution in [1.82, 2.24) is 9.78 Å². The van der Waals surface area contributed by atoms with E-state index in [9.17, 15) is 0 Å². The van der Waals surface area contributed by atoms with Crippen molar-refractivity contribution < 1.29 is 0 Å². The van der Waals surface area contributed by atoms with E-state index >= 15 is 0 Å². The number of thioether (sulfide) groups is 1. The van der Waals surface area contributed by atoms with Crippen molar-refractivity contribution in [3.63, 3.8) is 0 Å². The number of hydrogen-bond acceptors (Lipinski definition) is 2. The lowest BCUT2D eigenvalue weighted by Crippen LogP contribution is -2.04. The second-order valence-corrected chi connectivity index (χ2v) is 4.98. The third-order valence-corrected chi connectivity index (χ3v) is 3.41. The number of aryl methyl sites for hydroxylation is 3. The monoisotopic (exact) mass is 232 g/mol. The first kappa shape index (κ1) is 11.3. The molecule has 3 heteroatoms. The second kappa shape index (κ2) is 5.21. The van der Waals surface area contributed by atoms with Crippen LogP contribution in [0, 0.1) is 13.8 Å². The summed E-state index contributed by atoms with van der Waals surface area (Å²) in [6.07, 6.45) is 0. The van der Waals surface area contributed by atoms with Crippen molar-refractivity contribution in [1.29, 1.82) is 0 Å². The highest BCUT2D eigenvalue weighted by molar-refractivity contribution is 7.99. The highest BCUT2D eigenvalue weighted by atomic mass is 32.2. The Bertz CT molecular complexity index is 448. The van der Waals surface area contributed by atoms with Crippen molar-refractivity contribution in [3.05, 3.63) is 47.8 Å². The molecule has 0 aliphatic rings. The van der Waals surface area contributed by atoms with Gasteiger partial charge in [0.25, 0.3) is 0 Å². The van der Waals surface area contributed by atoms with Gasteiger partial charge >= 0.3 is 0 Å². The standard InChI is InChI=1S/C13H16N2S/c1-11-10-12(2)15(14-11)8-9-16-13-6-4-3-5-7-13/h3-7,10H,8-9H2,1-2H3. The van der Waals surface area contributed by atoms with Gasteiger partial charge in [-0.3, -0.25) is 4.68 Å². The van der Waals surface area contributed by atoms with E-state index in [1.165, 1.54) is 10.6 Å². The lowest BCUT2D eigenvalue weighted by molar-refractivity contribution is 0.640. The fraction of sp³-hybridized carbons (Fsp3) is 0.308. The van der Waals surface area contributed by atoms with Crippen molar-refractivity contribution in [2.45, 2.75) is 25.3 Å². The molecule has 0 N–H and O–H groups in total. The summed E-state index contributed by atoms with van der Waals surface area (Å²) in [5.41, 5.74) is 2.34. The molecule has 1 heterocycles. The fourth-order valence-electron chi connectivity index (χ4n) is 1.67. The average molecular weight is 232 g/mol. The minimum atomic E-state index is 0.971. The maximum absolute atomic E-state index is 4.44. The van der Waals surface area contributed by atoms with Gasteiger partial charge in [0.1, 0.15) is 0 Å². The highest BCUT2D eigenvalue weighted by Gasteiger charge is 2.00. The van der Waals surface area contributed by atoms with E-state index in [-0.39, 0.29) is 0 Å². The topological polar surface area (TPSA) is 17.8 Å². The van der Waals surface area contributed by atoms with Gasteiger partial charge in [-0.1, -0.05) is 18.2 Å². The van der Waals surface area contributed by atoms with Gasteiger partial charge in [-0.05, 0) is 32.0 Å². The molecule has 16 heavy (non-hydrogen) atoms. The maximum Gasteiger partial charge on any atom is 0.0596 e. The van der Waals surface area contributed by atoms with Crippen LogP contribution in [0.25, 0.3) is 0 Å². The summed E-state index contributed by atoms with van der Waals surface area (Å²) in [6, 6.07) is 12.6. The molecule has 0 saturated carbocycles. The number of hydrogen-bond donors (Lipinski definition) is 0. The summed E-state index contributed by atoms with van der Waals surface area (Å²) in [6.45, 7) is 5.11. The summed E-state index contributed by atoms with van der Waals surface area (Å²) in [5, 5.41) is 4.44. The first-order valence-corrected chi connectivity index (χ1v) is 6.43. The summed E-state index contributed by atoms with van der Waals surface area (Å²) in [5.74, 6) is 1.06. The van der Waals surface area contributed by atoms with Crippen LogP contribution in [0.4, 0.5) is 0 Å². The summed E-state index contributed by atoms with van der Waals surface area (Å²) in [4.78, 5) is 1.32. The van der Waals surface area contributed by atoms with E-state index < -0.39 is 0 Å². The molecule has 2 rings (SSSR count). The highest BCUT2D eigenvalue weighted by Crippen LogP contribution is 2.17. The van der Waals surface area contributed by atoms with E-state index in [1.807, 2.05) is 24.8 Å². The Morgan fingerprint density at radius 3 is 2.56 bits per heavy atom. The molecule has 0 fully saturated rings. The average Bonchev–Trinajstić information content (AvgIpc) is 2.59. The Kier molecular flexibility index (Phi) is 3.67. The van der Waals surface area contributed by atoms with E-state index in [2.05, 4.69) is 47.0 Å². The molecule has 2 aromatic rings. The Morgan fingerprint density at radius 1 is 1.19 bits per heavy atom. The number of rotatable bonds is 4. The smallest absolute Gasteiger partial charge is 0.0596 e. The van der Waals surface area contributed by atoms with Crippen LogP contribution in [-0.2, 0) is 6.54 Å². The van der Waals surface area contributed by atoms with Crippen LogP contribution in [0.15, 0.2) is 41.3 Å². The Hall–Kier alpha value is -1.22. The van der Waals surface area contributed by atoms with Gasteiger partial charge in [0, 0.05) is 16.3 Å². The lowest BCUT2D eigenvalue weighted by Gasteiger charge is -2.04. The predicted molar refractivity (Wildman–Crippen MR) is 68.9 cm³/mol. The minimum absolute atomic E-state index is 0.971. The fourth-order valence-corrected chi connectivity index (χ4v) is 2.52.